The summed E-state index contributed by atoms with van der Waals surface area (Å²) < 4.78 is 14.9. The van der Waals surface area contributed by atoms with E-state index >= 15 is 0 Å². The smallest absolute Gasteiger partial charge is 0.410 e. The first kappa shape index (κ1) is 62.1. The topological polar surface area (TPSA) is 231 Å². The van der Waals surface area contributed by atoms with Gasteiger partial charge in [0.15, 0.2) is 0 Å². The Morgan fingerprint density at radius 3 is 1.42 bits per heavy atom. The van der Waals surface area contributed by atoms with E-state index in [4.69, 9.17) is 41.5 Å². The summed E-state index contributed by atoms with van der Waals surface area (Å²) in [6, 6.07) is 28.5. The molecule has 4 atom stereocenters. The lowest BCUT2D eigenvalue weighted by Gasteiger charge is -2.32. The largest absolute Gasteiger partial charge is 0.449 e. The molecule has 4 heterocycles. The number of benzene rings is 3. The van der Waals surface area contributed by atoms with Crippen LogP contribution in [0.2, 0.25) is 0 Å². The zero-order chi connectivity index (χ0) is 49.0. The Morgan fingerprint density at radius 2 is 1.07 bits per heavy atom. The molecule has 2 fully saturated rings. The summed E-state index contributed by atoms with van der Waals surface area (Å²) in [7, 11) is 1.00. The highest BCUT2D eigenvalue weighted by atomic mass is 35.5. The van der Waals surface area contributed by atoms with Gasteiger partial charge in [-0.1, -0.05) is 123 Å². The normalized spacial score (nSPS) is 19.1. The van der Waals surface area contributed by atoms with Crippen LogP contribution in [0.5, 0.6) is 0 Å². The van der Waals surface area contributed by atoms with Crippen LogP contribution in [0.3, 0.4) is 0 Å². The van der Waals surface area contributed by atoms with Crippen molar-refractivity contribution in [2.75, 3.05) is 59.5 Å². The fourth-order valence-corrected chi connectivity index (χ4v) is 5.68. The van der Waals surface area contributed by atoms with E-state index < -0.39 is 41.5 Å². The first-order valence-corrected chi connectivity index (χ1v) is 22.4. The number of nitrogens with zero attached hydrogens (tertiary/aromatic N) is 2. The van der Waals surface area contributed by atoms with E-state index in [1.165, 1.54) is 11.3 Å². The van der Waals surface area contributed by atoms with Crippen molar-refractivity contribution in [2.24, 2.45) is 0 Å². The molecule has 0 aromatic heterocycles. The van der Waals surface area contributed by atoms with Gasteiger partial charge in [0.1, 0.15) is 19.8 Å². The Bertz CT molecular complexity index is 1730. The summed E-state index contributed by atoms with van der Waals surface area (Å²) >= 11 is 4.97. The summed E-state index contributed by atoms with van der Waals surface area (Å²) in [6.07, 6.45) is 8.24. The molecule has 0 aliphatic carbocycles. The number of aliphatic hydroxyl groups excluding tert-OH is 5. The second-order valence-electron chi connectivity index (χ2n) is 15.9. The number of ether oxygens (including phenoxy) is 3. The number of aliphatic hydroxyl groups is 6. The van der Waals surface area contributed by atoms with Crippen molar-refractivity contribution in [3.8, 4) is 0 Å². The predicted octanol–water partition coefficient (Wildman–Crippen LogP) is 6.16. The number of carbonyl (C=O) groups is 3. The molecular weight excluding hydrogens is 884 g/mol. The highest BCUT2D eigenvalue weighted by Gasteiger charge is 2.29. The molecule has 4 aliphatic rings. The third kappa shape index (κ3) is 33.3. The van der Waals surface area contributed by atoms with Crippen LogP contribution in [-0.2, 0) is 34.0 Å². The minimum Gasteiger partial charge on any atom is -0.449 e. The summed E-state index contributed by atoms with van der Waals surface area (Å²) in [6.45, 7) is 11.6. The van der Waals surface area contributed by atoms with E-state index in [2.05, 4.69) is 33.6 Å². The van der Waals surface area contributed by atoms with Gasteiger partial charge >= 0.3 is 17.6 Å². The number of carbonyl (C=O) groups excluding carboxylic acids is 3. The third-order valence-electron chi connectivity index (χ3n) is 9.06. The van der Waals surface area contributed by atoms with Crippen molar-refractivity contribution < 1.29 is 59.2 Å². The Balaban J connectivity index is 0.000000813. The van der Waals surface area contributed by atoms with Crippen LogP contribution in [0.1, 0.15) is 70.6 Å². The molecule has 7 rings (SSSR count). The monoisotopic (exact) mass is 961 g/mol. The Labute approximate surface area is 402 Å². The van der Waals surface area contributed by atoms with Gasteiger partial charge in [0.2, 0.25) is 0 Å². The van der Waals surface area contributed by atoms with Gasteiger partial charge in [-0.3, -0.25) is 0 Å². The van der Waals surface area contributed by atoms with Crippen LogP contribution in [0.25, 0.3) is 0 Å². The van der Waals surface area contributed by atoms with Crippen molar-refractivity contribution in [1.82, 2.24) is 20.4 Å². The number of nitrogens with one attached hydrogen (secondary N) is 2. The van der Waals surface area contributed by atoms with Crippen LogP contribution in [0, 0.1) is 0 Å². The zero-order valence-corrected chi connectivity index (χ0v) is 39.5. The molecule has 2 amide bonds. The number of rotatable bonds is 6. The van der Waals surface area contributed by atoms with Gasteiger partial charge in [-0.25, -0.2) is 14.4 Å². The van der Waals surface area contributed by atoms with Crippen molar-refractivity contribution in [3.05, 3.63) is 132 Å². The average molecular weight is 962 g/mol. The predicted molar refractivity (Wildman–Crippen MR) is 262 cm³/mol. The number of likely N-dealkylation sites (tertiary alicyclic amines) is 1. The maximum Gasteiger partial charge on any atom is 0.410 e. The maximum absolute atomic E-state index is 11.7. The number of hydrogen-bond acceptors (Lipinski definition) is 14. The summed E-state index contributed by atoms with van der Waals surface area (Å²) in [5.41, 5.74) is 1.60. The molecule has 16 nitrogen and oxygen atoms in total. The molecule has 8 N–H and O–H groups in total. The summed E-state index contributed by atoms with van der Waals surface area (Å²) in [5.74, 6) is 0. The standard InChI is InChI=1S/C13H17NO4.C13H15NO2.C8H7ClO2.C5H11NO2.C5H9N.C4H10O.CH4O.CH4/c15-11-6-7-14(8-12(11)16)13(17)18-9-10-4-2-1-3-5-10;15-13(14-9-5-2-6-10-14)16-11-12-7-3-1-4-8-12;9-8(10)11-6-7-4-2-1-3-5-7;7-4-1-2-6-3-5(4)8;1-2-4-6-5-3-1;1-4(2,3)5;1-2;/h1-5,11-12,15-16H,6-9H2;1-5,7-8H,6,9-11H2;1-5H,6H2;4-8H,1-3H2;1-2,6H,3-5H2;5H,1-3H3;2H,1H3;1H4/t11-,12+;;;4-,5+;;;;/m1..1..../s1. The van der Waals surface area contributed by atoms with Crippen molar-refractivity contribution in [2.45, 2.75) is 104 Å². The highest BCUT2D eigenvalue weighted by molar-refractivity contribution is 6.61. The van der Waals surface area contributed by atoms with Gasteiger partial charge in [-0.15, -0.1) is 0 Å². The second kappa shape index (κ2) is 38.1. The fourth-order valence-electron chi connectivity index (χ4n) is 5.63. The van der Waals surface area contributed by atoms with Crippen LogP contribution < -0.4 is 10.6 Å². The molecule has 3 aromatic carbocycles. The number of amides is 2. The molecule has 0 bridgehead atoms. The fraction of sp³-hybridized carbons (Fsp3) is 0.500. The van der Waals surface area contributed by atoms with E-state index in [1.807, 2.05) is 97.1 Å². The molecule has 0 unspecified atom stereocenters. The number of piperidine rings is 2. The quantitative estimate of drug-likeness (QED) is 0.0787. The Kier molecular flexibility index (Phi) is 35.3. The van der Waals surface area contributed by atoms with E-state index in [9.17, 15) is 24.6 Å². The van der Waals surface area contributed by atoms with Crippen molar-refractivity contribution >= 4 is 29.2 Å². The van der Waals surface area contributed by atoms with Gasteiger partial charge in [0.05, 0.1) is 36.6 Å². The number of halogens is 1. The Morgan fingerprint density at radius 1 is 0.612 bits per heavy atom. The number of β-amino-alcohol motifs (C(OH)–C–C–N with tert-alkyl or cyclic N) is 2. The summed E-state index contributed by atoms with van der Waals surface area (Å²) in [4.78, 5) is 36.7. The first-order valence-electron chi connectivity index (χ1n) is 22.0. The van der Waals surface area contributed by atoms with Crippen LogP contribution >= 0.6 is 11.6 Å². The highest BCUT2D eigenvalue weighted by Crippen LogP contribution is 2.13. The van der Waals surface area contributed by atoms with E-state index in [1.54, 1.807) is 25.7 Å². The molecule has 3 aromatic rings. The SMILES string of the molecule is C.C1=CCNCC1.CC(C)(C)O.CO.O=C(Cl)OCc1ccccc1.O=C(OCc1ccccc1)N1CC=CCC1.O=C(OCc1ccccc1)N1CC[C@@H](O)[C@@H](O)C1.O[C@@H]1CCNC[C@@H]1O. The van der Waals surface area contributed by atoms with E-state index in [0.717, 1.165) is 56.4 Å². The van der Waals surface area contributed by atoms with Crippen LogP contribution in [0.4, 0.5) is 14.4 Å². The van der Waals surface area contributed by atoms with Gasteiger partial charge in [-0.2, -0.15) is 0 Å². The molecule has 0 spiro atoms. The number of hydrogen-bond donors (Lipinski definition) is 8. The van der Waals surface area contributed by atoms with Gasteiger partial charge in [-0.05, 0) is 76.2 Å². The molecule has 67 heavy (non-hydrogen) atoms. The molecule has 17 heteroatoms. The molecule has 2 saturated heterocycles. The first-order chi connectivity index (χ1) is 31.6. The lowest BCUT2D eigenvalue weighted by Crippen LogP contribution is -2.49. The zero-order valence-electron chi connectivity index (χ0n) is 38.8. The van der Waals surface area contributed by atoms with Crippen LogP contribution in [0.15, 0.2) is 115 Å². The lowest BCUT2D eigenvalue weighted by molar-refractivity contribution is -0.0371. The molecule has 0 radical (unpaired) electrons. The minimum atomic E-state index is -0.886. The Hall–Kier alpha value is -4.88. The van der Waals surface area contributed by atoms with Crippen LogP contribution in [-0.4, -0.2) is 148 Å². The summed E-state index contributed by atoms with van der Waals surface area (Å²) in [5, 5.41) is 58.3. The van der Waals surface area contributed by atoms with E-state index in [0.29, 0.717) is 39.1 Å². The maximum atomic E-state index is 11.7. The van der Waals surface area contributed by atoms with Crippen molar-refractivity contribution in [1.29, 1.82) is 0 Å². The molecule has 376 valence electrons. The average Bonchev–Trinajstić information content (AvgIpc) is 3.34. The van der Waals surface area contributed by atoms with Gasteiger partial charge < -0.3 is 65.3 Å². The van der Waals surface area contributed by atoms with Crippen molar-refractivity contribution in [3.63, 3.8) is 0 Å². The third-order valence-corrected chi connectivity index (χ3v) is 9.17. The van der Waals surface area contributed by atoms with Gasteiger partial charge in [0.25, 0.3) is 0 Å². The van der Waals surface area contributed by atoms with E-state index in [-0.39, 0.29) is 33.3 Å². The molecular formula is C50H77ClN4O12. The second-order valence-corrected chi connectivity index (χ2v) is 16.2. The lowest BCUT2D eigenvalue weighted by atomic mass is 10.1. The van der Waals surface area contributed by atoms with Gasteiger partial charge in [0, 0.05) is 51.4 Å². The minimum absolute atomic E-state index is 0. The molecule has 4 aliphatic heterocycles. The molecule has 0 saturated carbocycles.